The highest BCUT2D eigenvalue weighted by molar-refractivity contribution is 9.10. The Morgan fingerprint density at radius 2 is 1.82 bits per heavy atom. The van der Waals surface area contributed by atoms with E-state index >= 15 is 0 Å². The zero-order valence-electron chi connectivity index (χ0n) is 11.2. The highest BCUT2D eigenvalue weighted by atomic mass is 79.9. The van der Waals surface area contributed by atoms with Gasteiger partial charge in [0.2, 0.25) is 0 Å². The molecule has 0 amide bonds. The number of nitrogens with one attached hydrogen (secondary N) is 1. The molecule has 1 N–H and O–H groups in total. The molecular formula is C15H22BrN. The Bertz CT molecular complexity index is 400. The van der Waals surface area contributed by atoms with Crippen molar-refractivity contribution in [3.63, 3.8) is 0 Å². The molecule has 1 unspecified atom stereocenters. The number of rotatable bonds is 2. The predicted molar refractivity (Wildman–Crippen MR) is 78.7 cm³/mol. The van der Waals surface area contributed by atoms with Crippen LogP contribution in [-0.2, 0) is 0 Å². The van der Waals surface area contributed by atoms with Crippen molar-refractivity contribution in [1.82, 2.24) is 0 Å². The summed E-state index contributed by atoms with van der Waals surface area (Å²) in [4.78, 5) is 0. The lowest BCUT2D eigenvalue weighted by Gasteiger charge is -2.29. The highest BCUT2D eigenvalue weighted by Crippen LogP contribution is 2.39. The maximum atomic E-state index is 3.72. The van der Waals surface area contributed by atoms with Crippen molar-refractivity contribution in [3.05, 3.63) is 27.7 Å². The van der Waals surface area contributed by atoms with Gasteiger partial charge in [-0.1, -0.05) is 36.2 Å². The van der Waals surface area contributed by atoms with E-state index < -0.39 is 0 Å². The Morgan fingerprint density at radius 3 is 2.29 bits per heavy atom. The lowest BCUT2D eigenvalue weighted by molar-refractivity contribution is 0.350. The van der Waals surface area contributed by atoms with Crippen molar-refractivity contribution < 1.29 is 0 Å². The largest absolute Gasteiger partial charge is 0.382 e. The monoisotopic (exact) mass is 295 g/mol. The molecule has 0 bridgehead atoms. The molecule has 0 radical (unpaired) electrons. The Kier molecular flexibility index (Phi) is 3.53. The minimum atomic E-state index is 0.425. The normalized spacial score (nSPS) is 22.8. The molecule has 2 heteroatoms. The van der Waals surface area contributed by atoms with Crippen LogP contribution in [0, 0.1) is 19.3 Å². The summed E-state index contributed by atoms with van der Waals surface area (Å²) in [5.41, 5.74) is 4.31. The fourth-order valence-electron chi connectivity index (χ4n) is 2.82. The zero-order chi connectivity index (χ0) is 12.6. The number of benzene rings is 1. The van der Waals surface area contributed by atoms with Crippen LogP contribution in [0.3, 0.4) is 0 Å². The van der Waals surface area contributed by atoms with E-state index in [4.69, 9.17) is 0 Å². The van der Waals surface area contributed by atoms with Crippen molar-refractivity contribution in [1.29, 1.82) is 0 Å². The maximum absolute atomic E-state index is 3.72. The van der Waals surface area contributed by atoms with Crippen molar-refractivity contribution in [3.8, 4) is 0 Å². The molecule has 1 nitrogen and oxygen atoms in total. The fourth-order valence-corrected chi connectivity index (χ4v) is 3.05. The van der Waals surface area contributed by atoms with Crippen molar-refractivity contribution in [2.24, 2.45) is 5.41 Å². The molecule has 1 aliphatic rings. The van der Waals surface area contributed by atoms with E-state index in [0.29, 0.717) is 11.5 Å². The Hall–Kier alpha value is -0.500. The molecule has 1 aromatic rings. The minimum absolute atomic E-state index is 0.425. The summed E-state index contributed by atoms with van der Waals surface area (Å²) in [5.74, 6) is 0. The molecule has 2 rings (SSSR count). The highest BCUT2D eigenvalue weighted by Gasteiger charge is 2.34. The molecule has 0 saturated heterocycles. The van der Waals surface area contributed by atoms with Gasteiger partial charge in [-0.2, -0.15) is 0 Å². The summed E-state index contributed by atoms with van der Waals surface area (Å²) < 4.78 is 1.23. The molecule has 17 heavy (non-hydrogen) atoms. The fraction of sp³-hybridized carbons (Fsp3) is 0.600. The van der Waals surface area contributed by atoms with Crippen LogP contribution in [0.1, 0.15) is 44.2 Å². The standard InChI is InChI=1S/C15H22BrN/c1-10-8-12(9-11(2)14(10)16)17-13-6-5-7-15(13,3)4/h8-9,13,17H,5-7H2,1-4H3. The number of halogens is 1. The SMILES string of the molecule is Cc1cc(NC2CCCC2(C)C)cc(C)c1Br. The first-order valence-corrected chi connectivity index (χ1v) is 7.23. The number of aryl methyl sites for hydroxylation is 2. The first kappa shape index (κ1) is 12.9. The third-order valence-electron chi connectivity index (χ3n) is 4.03. The van der Waals surface area contributed by atoms with Crippen molar-refractivity contribution in [2.75, 3.05) is 5.32 Å². The molecule has 1 atom stereocenters. The van der Waals surface area contributed by atoms with Gasteiger partial charge in [-0.15, -0.1) is 0 Å². The molecule has 0 heterocycles. The van der Waals surface area contributed by atoms with E-state index in [1.54, 1.807) is 0 Å². The second-order valence-electron chi connectivity index (χ2n) is 6.00. The van der Waals surface area contributed by atoms with Crippen LogP contribution in [0.5, 0.6) is 0 Å². The smallest absolute Gasteiger partial charge is 0.0348 e. The van der Waals surface area contributed by atoms with E-state index in [2.05, 4.69) is 61.1 Å². The summed E-state index contributed by atoms with van der Waals surface area (Å²) in [6.07, 6.45) is 3.97. The zero-order valence-corrected chi connectivity index (χ0v) is 12.8. The van der Waals surface area contributed by atoms with Gasteiger partial charge in [0.25, 0.3) is 0 Å². The van der Waals surface area contributed by atoms with Gasteiger partial charge in [0.1, 0.15) is 0 Å². The van der Waals surface area contributed by atoms with Gasteiger partial charge in [0.05, 0.1) is 0 Å². The predicted octanol–water partition coefficient (Wildman–Crippen LogP) is 5.06. The number of hydrogen-bond donors (Lipinski definition) is 1. The molecule has 1 fully saturated rings. The quantitative estimate of drug-likeness (QED) is 0.804. The van der Waals surface area contributed by atoms with E-state index in [9.17, 15) is 0 Å². The van der Waals surface area contributed by atoms with Gasteiger partial charge in [-0.05, 0) is 55.4 Å². The van der Waals surface area contributed by atoms with Crippen LogP contribution >= 0.6 is 15.9 Å². The molecule has 0 aromatic heterocycles. The number of anilines is 1. The second-order valence-corrected chi connectivity index (χ2v) is 6.79. The lowest BCUT2D eigenvalue weighted by atomic mass is 9.87. The van der Waals surface area contributed by atoms with E-state index in [1.807, 2.05) is 0 Å². The number of hydrogen-bond acceptors (Lipinski definition) is 1. The first-order valence-electron chi connectivity index (χ1n) is 6.43. The van der Waals surface area contributed by atoms with Crippen LogP contribution in [-0.4, -0.2) is 6.04 Å². The van der Waals surface area contributed by atoms with Gasteiger partial charge in [-0.3, -0.25) is 0 Å². The summed E-state index contributed by atoms with van der Waals surface area (Å²) in [6.45, 7) is 9.05. The molecule has 94 valence electrons. The minimum Gasteiger partial charge on any atom is -0.382 e. The van der Waals surface area contributed by atoms with Gasteiger partial charge in [0, 0.05) is 16.2 Å². The Balaban J connectivity index is 2.19. The first-order chi connectivity index (χ1) is 7.90. The molecule has 0 spiro atoms. The second kappa shape index (κ2) is 4.64. The molecule has 1 saturated carbocycles. The summed E-state index contributed by atoms with van der Waals surface area (Å²) >= 11 is 3.62. The van der Waals surface area contributed by atoms with Crippen molar-refractivity contribution >= 4 is 21.6 Å². The lowest BCUT2D eigenvalue weighted by Crippen LogP contribution is -2.30. The van der Waals surface area contributed by atoms with Crippen LogP contribution in [0.4, 0.5) is 5.69 Å². The summed E-state index contributed by atoms with van der Waals surface area (Å²) in [6, 6.07) is 5.10. The molecule has 1 aliphatic carbocycles. The Labute approximate surface area is 113 Å². The van der Waals surface area contributed by atoms with E-state index in [1.165, 1.54) is 40.5 Å². The van der Waals surface area contributed by atoms with Crippen LogP contribution < -0.4 is 5.32 Å². The average Bonchev–Trinajstić information content (AvgIpc) is 2.55. The van der Waals surface area contributed by atoms with E-state index in [-0.39, 0.29) is 0 Å². The van der Waals surface area contributed by atoms with Gasteiger partial charge < -0.3 is 5.32 Å². The van der Waals surface area contributed by atoms with Crippen molar-refractivity contribution in [2.45, 2.75) is 53.0 Å². The van der Waals surface area contributed by atoms with Crippen LogP contribution in [0.25, 0.3) is 0 Å². The molecule has 1 aromatic carbocycles. The van der Waals surface area contributed by atoms with Crippen LogP contribution in [0.15, 0.2) is 16.6 Å². The maximum Gasteiger partial charge on any atom is 0.0348 e. The third-order valence-corrected chi connectivity index (χ3v) is 5.29. The van der Waals surface area contributed by atoms with Gasteiger partial charge in [-0.25, -0.2) is 0 Å². The Morgan fingerprint density at radius 1 is 1.24 bits per heavy atom. The third kappa shape index (κ3) is 2.67. The summed E-state index contributed by atoms with van der Waals surface area (Å²) in [5, 5.41) is 3.72. The average molecular weight is 296 g/mol. The van der Waals surface area contributed by atoms with Crippen LogP contribution in [0.2, 0.25) is 0 Å². The van der Waals surface area contributed by atoms with Gasteiger partial charge >= 0.3 is 0 Å². The molecule has 0 aliphatic heterocycles. The molecular weight excluding hydrogens is 274 g/mol. The topological polar surface area (TPSA) is 12.0 Å². The van der Waals surface area contributed by atoms with E-state index in [0.717, 1.165) is 0 Å². The summed E-state index contributed by atoms with van der Waals surface area (Å²) in [7, 11) is 0. The van der Waals surface area contributed by atoms with Gasteiger partial charge in [0.15, 0.2) is 0 Å².